The Morgan fingerprint density at radius 1 is 1.23 bits per heavy atom. The second-order valence-electron chi connectivity index (χ2n) is 8.76. The summed E-state index contributed by atoms with van der Waals surface area (Å²) in [6.07, 6.45) is 0.841. The van der Waals surface area contributed by atoms with Crippen LogP contribution < -0.4 is 10.1 Å². The molecule has 2 aromatic rings. The molecule has 1 saturated carbocycles. The number of nitrogens with one attached hydrogen (secondary N) is 1. The molecule has 0 saturated heterocycles. The SMILES string of the molecule is CCN(CC(=O)N[C@H]1C(=O)CC[C@@]2(C)c3cc(C)ccc3O[C@@H]12)Cc1ccccc1.Cl. The zero-order valence-electron chi connectivity index (χ0n) is 18.4. The number of aryl methyl sites for hydroxylation is 1. The summed E-state index contributed by atoms with van der Waals surface area (Å²) in [4.78, 5) is 27.7. The van der Waals surface area contributed by atoms with Crippen LogP contribution in [0.3, 0.4) is 0 Å². The van der Waals surface area contributed by atoms with E-state index >= 15 is 0 Å². The van der Waals surface area contributed by atoms with Crippen molar-refractivity contribution in [2.24, 2.45) is 0 Å². The van der Waals surface area contributed by atoms with Gasteiger partial charge in [0.15, 0.2) is 5.78 Å². The zero-order chi connectivity index (χ0) is 21.3. The smallest absolute Gasteiger partial charge is 0.234 e. The highest BCUT2D eigenvalue weighted by Crippen LogP contribution is 2.49. The van der Waals surface area contributed by atoms with Crippen LogP contribution in [-0.2, 0) is 21.5 Å². The predicted octanol–water partition coefficient (Wildman–Crippen LogP) is 3.81. The number of fused-ring (bicyclic) bond motifs is 3. The number of nitrogens with zero attached hydrogens (tertiary/aromatic N) is 1. The maximum absolute atomic E-state index is 12.9. The van der Waals surface area contributed by atoms with Crippen molar-refractivity contribution >= 4 is 24.1 Å². The van der Waals surface area contributed by atoms with E-state index in [-0.39, 0.29) is 42.2 Å². The molecule has 0 spiro atoms. The fourth-order valence-corrected chi connectivity index (χ4v) is 4.73. The zero-order valence-corrected chi connectivity index (χ0v) is 19.2. The minimum atomic E-state index is -0.612. The summed E-state index contributed by atoms with van der Waals surface area (Å²) in [7, 11) is 0. The fourth-order valence-electron chi connectivity index (χ4n) is 4.73. The third-order valence-corrected chi connectivity index (χ3v) is 6.55. The normalized spacial score (nSPS) is 24.1. The minimum Gasteiger partial charge on any atom is -0.487 e. The van der Waals surface area contributed by atoms with Crippen molar-refractivity contribution in [1.82, 2.24) is 10.2 Å². The highest BCUT2D eigenvalue weighted by Gasteiger charge is 2.54. The quantitative estimate of drug-likeness (QED) is 0.739. The third-order valence-electron chi connectivity index (χ3n) is 6.55. The number of rotatable bonds is 6. The number of hydrogen-bond donors (Lipinski definition) is 1. The van der Waals surface area contributed by atoms with Gasteiger partial charge in [-0.1, -0.05) is 61.9 Å². The molecule has 1 aliphatic heterocycles. The maximum atomic E-state index is 12.9. The molecular formula is C25H31ClN2O3. The molecule has 166 valence electrons. The van der Waals surface area contributed by atoms with Crippen LogP contribution in [0, 0.1) is 6.92 Å². The van der Waals surface area contributed by atoms with Gasteiger partial charge in [0.2, 0.25) is 5.91 Å². The Kier molecular flexibility index (Phi) is 7.07. The number of amides is 1. The number of ether oxygens (including phenoxy) is 1. The highest BCUT2D eigenvalue weighted by molar-refractivity contribution is 5.91. The van der Waals surface area contributed by atoms with Gasteiger partial charge < -0.3 is 10.1 Å². The molecular weight excluding hydrogens is 412 g/mol. The maximum Gasteiger partial charge on any atom is 0.234 e. The second kappa shape index (κ2) is 9.41. The van der Waals surface area contributed by atoms with Gasteiger partial charge in [-0.15, -0.1) is 12.4 Å². The van der Waals surface area contributed by atoms with Crippen LogP contribution in [0.1, 0.15) is 43.4 Å². The summed E-state index contributed by atoms with van der Waals surface area (Å²) in [6.45, 7) is 7.97. The molecule has 1 aliphatic carbocycles. The Hall–Kier alpha value is -2.37. The number of hydrogen-bond acceptors (Lipinski definition) is 4. The Morgan fingerprint density at radius 3 is 2.68 bits per heavy atom. The summed E-state index contributed by atoms with van der Waals surface area (Å²) < 4.78 is 6.23. The van der Waals surface area contributed by atoms with Crippen LogP contribution in [0.5, 0.6) is 5.75 Å². The lowest BCUT2D eigenvalue weighted by molar-refractivity contribution is -0.133. The summed E-state index contributed by atoms with van der Waals surface area (Å²) in [5.74, 6) is 0.758. The highest BCUT2D eigenvalue weighted by atomic mass is 35.5. The molecule has 1 N–H and O–H groups in total. The molecule has 1 heterocycles. The van der Waals surface area contributed by atoms with Gasteiger partial charge in [-0.25, -0.2) is 0 Å². The first-order chi connectivity index (χ1) is 14.4. The molecule has 2 aromatic carbocycles. The Bertz CT molecular complexity index is 949. The van der Waals surface area contributed by atoms with E-state index in [1.807, 2.05) is 37.3 Å². The van der Waals surface area contributed by atoms with Gasteiger partial charge in [-0.05, 0) is 31.5 Å². The van der Waals surface area contributed by atoms with E-state index in [4.69, 9.17) is 4.74 Å². The first kappa shape index (κ1) is 23.3. The lowest BCUT2D eigenvalue weighted by Gasteiger charge is -2.39. The van der Waals surface area contributed by atoms with Crippen LogP contribution in [-0.4, -0.2) is 41.8 Å². The van der Waals surface area contributed by atoms with E-state index in [9.17, 15) is 9.59 Å². The number of likely N-dealkylation sites (N-methyl/N-ethyl adjacent to an activating group) is 1. The first-order valence-electron chi connectivity index (χ1n) is 10.8. The van der Waals surface area contributed by atoms with Crippen LogP contribution in [0.2, 0.25) is 0 Å². The molecule has 31 heavy (non-hydrogen) atoms. The molecule has 0 radical (unpaired) electrons. The largest absolute Gasteiger partial charge is 0.487 e. The van der Waals surface area contributed by atoms with Crippen molar-refractivity contribution < 1.29 is 14.3 Å². The number of halogens is 1. The molecule has 0 unspecified atom stereocenters. The lowest BCUT2D eigenvalue weighted by atomic mass is 9.67. The van der Waals surface area contributed by atoms with Gasteiger partial charge in [0, 0.05) is 23.9 Å². The van der Waals surface area contributed by atoms with E-state index in [0.717, 1.165) is 24.3 Å². The number of Topliss-reactive ketones (excluding diaryl/α,β-unsaturated/α-hetero) is 1. The average molecular weight is 443 g/mol. The topological polar surface area (TPSA) is 58.6 Å². The van der Waals surface area contributed by atoms with E-state index < -0.39 is 6.04 Å². The summed E-state index contributed by atoms with van der Waals surface area (Å²) in [6, 6.07) is 15.7. The van der Waals surface area contributed by atoms with E-state index in [1.54, 1.807) is 0 Å². The fraction of sp³-hybridized carbons (Fsp3) is 0.440. The van der Waals surface area contributed by atoms with E-state index in [1.165, 1.54) is 11.1 Å². The van der Waals surface area contributed by atoms with Gasteiger partial charge in [0.05, 0.1) is 6.54 Å². The Balaban J connectivity index is 0.00000272. The summed E-state index contributed by atoms with van der Waals surface area (Å²) in [5.41, 5.74) is 3.23. The number of benzene rings is 2. The van der Waals surface area contributed by atoms with Crippen LogP contribution in [0.4, 0.5) is 0 Å². The van der Waals surface area contributed by atoms with Crippen molar-refractivity contribution in [2.45, 2.75) is 57.7 Å². The van der Waals surface area contributed by atoms with Crippen LogP contribution >= 0.6 is 12.4 Å². The van der Waals surface area contributed by atoms with Crippen LogP contribution in [0.25, 0.3) is 0 Å². The Morgan fingerprint density at radius 2 is 1.97 bits per heavy atom. The van der Waals surface area contributed by atoms with E-state index in [2.05, 4.69) is 42.3 Å². The average Bonchev–Trinajstić information content (AvgIpc) is 3.03. The van der Waals surface area contributed by atoms with Gasteiger partial charge in [-0.2, -0.15) is 0 Å². The van der Waals surface area contributed by atoms with E-state index in [0.29, 0.717) is 13.0 Å². The first-order valence-corrected chi connectivity index (χ1v) is 10.8. The molecule has 3 atom stereocenters. The second-order valence-corrected chi connectivity index (χ2v) is 8.76. The van der Waals surface area contributed by atoms with Crippen molar-refractivity contribution in [1.29, 1.82) is 0 Å². The molecule has 1 fully saturated rings. The van der Waals surface area contributed by atoms with Gasteiger partial charge in [-0.3, -0.25) is 14.5 Å². The monoisotopic (exact) mass is 442 g/mol. The predicted molar refractivity (Wildman–Crippen MR) is 124 cm³/mol. The molecule has 5 nitrogen and oxygen atoms in total. The number of ketones is 1. The van der Waals surface area contributed by atoms with Gasteiger partial charge in [0.25, 0.3) is 0 Å². The molecule has 4 rings (SSSR count). The standard InChI is InChI=1S/C25H30N2O3.ClH/c1-4-27(15-18-8-6-5-7-9-18)16-22(29)26-23-20(28)12-13-25(3)19-14-17(2)10-11-21(19)30-24(23)25;/h5-11,14,23-24H,4,12-13,15-16H2,1-3H3,(H,26,29);1H/t23-,24-,25-;/m0./s1. The molecule has 2 aliphatic rings. The van der Waals surface area contributed by atoms with Gasteiger partial charge >= 0.3 is 0 Å². The van der Waals surface area contributed by atoms with Crippen molar-refractivity contribution in [3.63, 3.8) is 0 Å². The van der Waals surface area contributed by atoms with Crippen molar-refractivity contribution in [3.8, 4) is 5.75 Å². The lowest BCUT2D eigenvalue weighted by Crippen LogP contribution is -2.60. The minimum absolute atomic E-state index is 0. The molecule has 0 aromatic heterocycles. The number of carbonyl (C=O) groups excluding carboxylic acids is 2. The number of carbonyl (C=O) groups is 2. The molecule has 1 amide bonds. The Labute approximate surface area is 190 Å². The third kappa shape index (κ3) is 4.63. The molecule has 0 bridgehead atoms. The van der Waals surface area contributed by atoms with Gasteiger partial charge in [0.1, 0.15) is 17.9 Å². The van der Waals surface area contributed by atoms with Crippen LogP contribution in [0.15, 0.2) is 48.5 Å². The molecule has 6 heteroatoms. The summed E-state index contributed by atoms with van der Waals surface area (Å²) >= 11 is 0. The summed E-state index contributed by atoms with van der Waals surface area (Å²) in [5, 5.41) is 3.01. The van der Waals surface area contributed by atoms with Crippen molar-refractivity contribution in [2.75, 3.05) is 13.1 Å². The van der Waals surface area contributed by atoms with Crippen molar-refractivity contribution in [3.05, 3.63) is 65.2 Å².